The molecule has 3 rings (SSSR count). The summed E-state index contributed by atoms with van der Waals surface area (Å²) in [5, 5.41) is 3.34. The fourth-order valence-corrected chi connectivity index (χ4v) is 3.14. The van der Waals surface area contributed by atoms with Gasteiger partial charge in [0.15, 0.2) is 0 Å². The topological polar surface area (TPSA) is 12.5 Å². The maximum absolute atomic E-state index is 13.0. The molecule has 0 radical (unpaired) electrons. The monoisotopic (exact) mass is 263 g/mol. The van der Waals surface area contributed by atoms with E-state index >= 15 is 0 Å². The van der Waals surface area contributed by atoms with E-state index in [9.17, 15) is 4.39 Å². The van der Waals surface area contributed by atoms with Crippen LogP contribution in [0.15, 0.2) is 35.7 Å². The number of hydrogen-bond donors (Lipinski definition) is 0. The minimum absolute atomic E-state index is 0.193. The van der Waals surface area contributed by atoms with Crippen LogP contribution in [0.2, 0.25) is 0 Å². The van der Waals surface area contributed by atoms with Crippen molar-refractivity contribution in [2.24, 2.45) is 0 Å². The molecule has 1 aromatic heterocycles. The van der Waals surface area contributed by atoms with Crippen molar-refractivity contribution in [3.05, 3.63) is 41.5 Å². The lowest BCUT2D eigenvalue weighted by Gasteiger charge is -2.28. The number of ether oxygens (including phenoxy) is 1. The van der Waals surface area contributed by atoms with E-state index < -0.39 is 0 Å². The maximum Gasteiger partial charge on any atom is 0.123 e. The van der Waals surface area contributed by atoms with Crippen LogP contribution in [0, 0.1) is 5.82 Å². The summed E-state index contributed by atoms with van der Waals surface area (Å²) in [6.07, 6.45) is 0. The Balaban J connectivity index is 1.93. The van der Waals surface area contributed by atoms with Crippen LogP contribution in [0.25, 0.3) is 11.1 Å². The van der Waals surface area contributed by atoms with Gasteiger partial charge in [-0.1, -0.05) is 12.1 Å². The van der Waals surface area contributed by atoms with Gasteiger partial charge in [0.25, 0.3) is 0 Å². The quantitative estimate of drug-likeness (QED) is 0.823. The first-order valence-electron chi connectivity index (χ1n) is 6.01. The van der Waals surface area contributed by atoms with Gasteiger partial charge in [-0.15, -0.1) is 11.3 Å². The Bertz CT molecular complexity index is 517. The number of hydrogen-bond acceptors (Lipinski definition) is 3. The zero-order valence-corrected chi connectivity index (χ0v) is 10.8. The van der Waals surface area contributed by atoms with Crippen molar-refractivity contribution < 1.29 is 9.13 Å². The van der Waals surface area contributed by atoms with Crippen LogP contribution in [-0.2, 0) is 4.74 Å². The lowest BCUT2D eigenvalue weighted by molar-refractivity contribution is 0.123. The molecule has 0 spiro atoms. The van der Waals surface area contributed by atoms with Crippen LogP contribution < -0.4 is 4.90 Å². The molecule has 0 bridgehead atoms. The number of halogens is 1. The van der Waals surface area contributed by atoms with Crippen molar-refractivity contribution in [1.29, 1.82) is 0 Å². The highest BCUT2D eigenvalue weighted by atomic mass is 32.1. The van der Waals surface area contributed by atoms with Gasteiger partial charge in [-0.3, -0.25) is 0 Å². The Labute approximate surface area is 110 Å². The molecule has 0 saturated carbocycles. The maximum atomic E-state index is 13.0. The van der Waals surface area contributed by atoms with Gasteiger partial charge >= 0.3 is 0 Å². The molecule has 0 N–H and O–H groups in total. The summed E-state index contributed by atoms with van der Waals surface area (Å²) in [4.78, 5) is 2.34. The molecule has 4 heteroatoms. The highest BCUT2D eigenvalue weighted by Crippen LogP contribution is 2.36. The van der Waals surface area contributed by atoms with E-state index in [0.29, 0.717) is 0 Å². The molecule has 0 atom stereocenters. The van der Waals surface area contributed by atoms with Gasteiger partial charge in [-0.25, -0.2) is 4.39 Å². The summed E-state index contributed by atoms with van der Waals surface area (Å²) in [5.74, 6) is -0.193. The summed E-state index contributed by atoms with van der Waals surface area (Å²) in [6, 6.07) is 8.79. The number of rotatable bonds is 2. The standard InChI is InChI=1S/C14H14FNOS/c15-12-3-1-11(2-4-12)13-5-10-18-14(13)16-6-8-17-9-7-16/h1-5,10H,6-9H2. The van der Waals surface area contributed by atoms with Crippen molar-refractivity contribution in [2.75, 3.05) is 31.2 Å². The zero-order valence-electron chi connectivity index (χ0n) is 9.93. The Morgan fingerprint density at radius 1 is 1.06 bits per heavy atom. The SMILES string of the molecule is Fc1ccc(-c2ccsc2N2CCOCC2)cc1. The Morgan fingerprint density at radius 2 is 1.78 bits per heavy atom. The third-order valence-corrected chi connectivity index (χ3v) is 4.07. The second kappa shape index (κ2) is 5.08. The third kappa shape index (κ3) is 2.26. The average molecular weight is 263 g/mol. The molecular weight excluding hydrogens is 249 g/mol. The van der Waals surface area contributed by atoms with Gasteiger partial charge in [-0.05, 0) is 29.1 Å². The van der Waals surface area contributed by atoms with Gasteiger partial charge < -0.3 is 9.64 Å². The summed E-state index contributed by atoms with van der Waals surface area (Å²) >= 11 is 1.73. The van der Waals surface area contributed by atoms with E-state index in [0.717, 1.165) is 31.9 Å². The van der Waals surface area contributed by atoms with Crippen LogP contribution in [0.5, 0.6) is 0 Å². The molecule has 1 saturated heterocycles. The molecule has 0 amide bonds. The molecular formula is C14H14FNOS. The minimum Gasteiger partial charge on any atom is -0.378 e. The molecule has 94 valence electrons. The largest absolute Gasteiger partial charge is 0.378 e. The lowest BCUT2D eigenvalue weighted by atomic mass is 10.1. The summed E-state index contributed by atoms with van der Waals surface area (Å²) in [5.41, 5.74) is 2.25. The second-order valence-electron chi connectivity index (χ2n) is 4.25. The fourth-order valence-electron chi connectivity index (χ4n) is 2.16. The van der Waals surface area contributed by atoms with E-state index in [1.165, 1.54) is 22.7 Å². The smallest absolute Gasteiger partial charge is 0.123 e. The highest BCUT2D eigenvalue weighted by Gasteiger charge is 2.16. The summed E-state index contributed by atoms with van der Waals surface area (Å²) < 4.78 is 18.3. The zero-order chi connectivity index (χ0) is 12.4. The molecule has 18 heavy (non-hydrogen) atoms. The van der Waals surface area contributed by atoms with E-state index in [4.69, 9.17) is 4.74 Å². The van der Waals surface area contributed by atoms with Crippen molar-refractivity contribution in [3.8, 4) is 11.1 Å². The normalized spacial score (nSPS) is 15.9. The van der Waals surface area contributed by atoms with E-state index in [1.807, 2.05) is 12.1 Å². The number of thiophene rings is 1. The molecule has 2 aromatic rings. The highest BCUT2D eigenvalue weighted by molar-refractivity contribution is 7.14. The predicted octanol–water partition coefficient (Wildman–Crippen LogP) is 3.39. The average Bonchev–Trinajstić information content (AvgIpc) is 2.90. The number of anilines is 1. The second-order valence-corrected chi connectivity index (χ2v) is 5.14. The summed E-state index contributed by atoms with van der Waals surface area (Å²) in [6.45, 7) is 3.41. The predicted molar refractivity (Wildman–Crippen MR) is 72.7 cm³/mol. The van der Waals surface area contributed by atoms with E-state index in [2.05, 4.69) is 16.3 Å². The number of morpholine rings is 1. The molecule has 0 unspecified atom stereocenters. The molecule has 2 heterocycles. The third-order valence-electron chi connectivity index (χ3n) is 3.10. The van der Waals surface area contributed by atoms with Crippen LogP contribution in [-0.4, -0.2) is 26.3 Å². The van der Waals surface area contributed by atoms with Gasteiger partial charge in [0.05, 0.1) is 18.2 Å². The first-order chi connectivity index (χ1) is 8.84. The first kappa shape index (κ1) is 11.7. The van der Waals surface area contributed by atoms with Gasteiger partial charge in [-0.2, -0.15) is 0 Å². The van der Waals surface area contributed by atoms with Crippen LogP contribution in [0.3, 0.4) is 0 Å². The number of benzene rings is 1. The first-order valence-corrected chi connectivity index (χ1v) is 6.89. The molecule has 1 aromatic carbocycles. The van der Waals surface area contributed by atoms with Crippen LogP contribution in [0.1, 0.15) is 0 Å². The number of nitrogens with zero attached hydrogens (tertiary/aromatic N) is 1. The molecule has 1 fully saturated rings. The Kier molecular flexibility index (Phi) is 3.30. The lowest BCUT2D eigenvalue weighted by Crippen LogP contribution is -2.35. The molecule has 1 aliphatic heterocycles. The van der Waals surface area contributed by atoms with Crippen molar-refractivity contribution >= 4 is 16.3 Å². The Hall–Kier alpha value is -1.39. The van der Waals surface area contributed by atoms with Gasteiger partial charge in [0.2, 0.25) is 0 Å². The van der Waals surface area contributed by atoms with Gasteiger partial charge in [0, 0.05) is 18.7 Å². The molecule has 1 aliphatic rings. The van der Waals surface area contributed by atoms with E-state index in [1.54, 1.807) is 11.3 Å². The Morgan fingerprint density at radius 3 is 2.50 bits per heavy atom. The van der Waals surface area contributed by atoms with Gasteiger partial charge in [0.1, 0.15) is 5.82 Å². The minimum atomic E-state index is -0.193. The van der Waals surface area contributed by atoms with Crippen molar-refractivity contribution in [3.63, 3.8) is 0 Å². The molecule has 0 aliphatic carbocycles. The van der Waals surface area contributed by atoms with Crippen LogP contribution >= 0.6 is 11.3 Å². The molecule has 2 nitrogen and oxygen atoms in total. The summed E-state index contributed by atoms with van der Waals surface area (Å²) in [7, 11) is 0. The van der Waals surface area contributed by atoms with E-state index in [-0.39, 0.29) is 5.82 Å². The van der Waals surface area contributed by atoms with Crippen molar-refractivity contribution in [2.45, 2.75) is 0 Å². The fraction of sp³-hybridized carbons (Fsp3) is 0.286. The van der Waals surface area contributed by atoms with Crippen molar-refractivity contribution in [1.82, 2.24) is 0 Å². The van der Waals surface area contributed by atoms with Crippen LogP contribution in [0.4, 0.5) is 9.39 Å².